The molecule has 0 aromatic heterocycles. The van der Waals surface area contributed by atoms with Gasteiger partial charge in [0.1, 0.15) is 0 Å². The normalized spacial score (nSPS) is 8.08. The fourth-order valence-electron chi connectivity index (χ4n) is 0.383. The molecule has 0 heterocycles. The number of aliphatic carboxylic acids is 1. The van der Waals surface area contributed by atoms with Crippen molar-refractivity contribution < 1.29 is 19.4 Å². The summed E-state index contributed by atoms with van der Waals surface area (Å²) in [6.07, 6.45) is 2.86. The first-order valence-corrected chi connectivity index (χ1v) is 3.98. The maximum Gasteiger partial charge on any atom is 0.491 e. The van der Waals surface area contributed by atoms with Gasteiger partial charge >= 0.3 is 14.7 Å². The Morgan fingerprint density at radius 2 is 2.00 bits per heavy atom. The van der Waals surface area contributed by atoms with Crippen molar-refractivity contribution in [2.45, 2.75) is 12.8 Å². The molecular weight excluding hydrogens is 179 g/mol. The lowest BCUT2D eigenvalue weighted by Gasteiger charge is -1.93. The zero-order valence-electron chi connectivity index (χ0n) is 6.62. The van der Waals surface area contributed by atoms with Crippen LogP contribution in [0.3, 0.4) is 0 Å². The fourth-order valence-corrected chi connectivity index (χ4v) is 0.383. The lowest BCUT2D eigenvalue weighted by molar-refractivity contribution is -0.132. The van der Waals surface area contributed by atoms with Gasteiger partial charge in [-0.2, -0.15) is 4.89 Å². The number of hydrogen-bond acceptors (Lipinski definition) is 2. The molecule has 0 radical (unpaired) electrons. The molecule has 0 rings (SSSR count). The van der Waals surface area contributed by atoms with Gasteiger partial charge in [0.15, 0.2) is 0 Å². The Bertz CT molecular complexity index is 176. The van der Waals surface area contributed by atoms with Gasteiger partial charge in [0.2, 0.25) is 0 Å². The molecule has 1 unspecified atom stereocenters. The highest BCUT2D eigenvalue weighted by Gasteiger charge is 1.99. The van der Waals surface area contributed by atoms with E-state index in [9.17, 15) is 4.79 Å². The van der Waals surface area contributed by atoms with Crippen molar-refractivity contribution in [2.75, 3.05) is 0 Å². The number of carbonyl (C=O) groups is 1. The topological polar surface area (TPSA) is 74.6 Å². The van der Waals surface area contributed by atoms with Crippen LogP contribution in [0.5, 0.6) is 0 Å². The second kappa shape index (κ2) is 10.0. The van der Waals surface area contributed by atoms with Crippen LogP contribution in [0.15, 0.2) is 24.8 Å². The highest BCUT2D eigenvalue weighted by molar-refractivity contribution is 7.16. The van der Waals surface area contributed by atoms with Crippen LogP contribution in [0.4, 0.5) is 0 Å². The standard InChI is InChI=1S/C7H10O2.HO2P/c1-3-4-5-6(2)7(8)9;1-3-2/h3H,1-2,4-5H2,(H,8,9);3H/p+1. The zero-order chi connectivity index (χ0) is 9.98. The number of rotatable bonds is 4. The Morgan fingerprint density at radius 1 is 1.58 bits per heavy atom. The first-order chi connectivity index (χ1) is 5.59. The van der Waals surface area contributed by atoms with Crippen LogP contribution >= 0.6 is 8.69 Å². The second-order valence-electron chi connectivity index (χ2n) is 1.83. The van der Waals surface area contributed by atoms with Crippen molar-refractivity contribution in [3.05, 3.63) is 24.8 Å². The molecule has 0 aliphatic rings. The Hall–Kier alpha value is -0.990. The average molecular weight is 191 g/mol. The van der Waals surface area contributed by atoms with Crippen LogP contribution in [-0.2, 0) is 9.36 Å². The van der Waals surface area contributed by atoms with Crippen molar-refractivity contribution in [3.8, 4) is 0 Å². The summed E-state index contributed by atoms with van der Waals surface area (Å²) in [5.41, 5.74) is 0.245. The maximum absolute atomic E-state index is 10.1. The SMILES string of the molecule is C=CCCC(=C)C(=O)O.O=[PH+]O. The largest absolute Gasteiger partial charge is 0.491 e. The van der Waals surface area contributed by atoms with E-state index in [4.69, 9.17) is 14.6 Å². The van der Waals surface area contributed by atoms with Gasteiger partial charge in [-0.3, -0.25) is 0 Å². The summed E-state index contributed by atoms with van der Waals surface area (Å²) in [5, 5.41) is 8.27. The molecule has 1 atom stereocenters. The molecular formula is C7H12O4P+. The van der Waals surface area contributed by atoms with Crippen LogP contribution in [0.1, 0.15) is 12.8 Å². The summed E-state index contributed by atoms with van der Waals surface area (Å²) in [7, 11) is -1.17. The van der Waals surface area contributed by atoms with Gasteiger partial charge in [0.25, 0.3) is 0 Å². The van der Waals surface area contributed by atoms with E-state index in [1.807, 2.05) is 0 Å². The molecule has 0 aliphatic carbocycles. The molecule has 0 bridgehead atoms. The van der Waals surface area contributed by atoms with Crippen LogP contribution in [-0.4, -0.2) is 16.0 Å². The predicted molar refractivity (Wildman–Crippen MR) is 47.4 cm³/mol. The molecule has 0 amide bonds. The van der Waals surface area contributed by atoms with Gasteiger partial charge in [0.05, 0.1) is 0 Å². The van der Waals surface area contributed by atoms with Gasteiger partial charge < -0.3 is 5.11 Å². The molecule has 0 spiro atoms. The molecule has 0 saturated heterocycles. The third-order valence-corrected chi connectivity index (χ3v) is 0.953. The Kier molecular flexibility index (Phi) is 11.3. The molecule has 12 heavy (non-hydrogen) atoms. The number of carboxylic acids is 1. The molecule has 0 fully saturated rings. The average Bonchev–Trinajstić information content (AvgIpc) is 2.01. The van der Waals surface area contributed by atoms with E-state index in [2.05, 4.69) is 13.2 Å². The van der Waals surface area contributed by atoms with E-state index < -0.39 is 14.7 Å². The smallest absolute Gasteiger partial charge is 0.478 e. The number of carboxylic acid groups (broad SMARTS) is 1. The Labute approximate surface area is 72.5 Å². The van der Waals surface area contributed by atoms with Crippen molar-refractivity contribution in [1.82, 2.24) is 0 Å². The maximum atomic E-state index is 10.1. The molecule has 0 saturated carbocycles. The van der Waals surface area contributed by atoms with Crippen LogP contribution in [0.2, 0.25) is 0 Å². The van der Waals surface area contributed by atoms with Gasteiger partial charge in [0, 0.05) is 5.57 Å². The molecule has 68 valence electrons. The molecule has 4 nitrogen and oxygen atoms in total. The number of hydrogen-bond donors (Lipinski definition) is 2. The van der Waals surface area contributed by atoms with Gasteiger partial charge in [-0.15, -0.1) is 6.58 Å². The number of allylic oxidation sites excluding steroid dienone is 1. The summed E-state index contributed by atoms with van der Waals surface area (Å²) in [5.74, 6) is -0.920. The Balaban J connectivity index is 0. The van der Waals surface area contributed by atoms with Gasteiger partial charge in [-0.05, 0) is 17.4 Å². The van der Waals surface area contributed by atoms with Crippen LogP contribution in [0.25, 0.3) is 0 Å². The minimum atomic E-state index is -1.17. The predicted octanol–water partition coefficient (Wildman–Crippen LogP) is 1.51. The first kappa shape index (κ1) is 13.6. The molecule has 0 aliphatic heterocycles. The highest BCUT2D eigenvalue weighted by Crippen LogP contribution is 2.01. The third kappa shape index (κ3) is 11.8. The highest BCUT2D eigenvalue weighted by atomic mass is 31.1. The minimum Gasteiger partial charge on any atom is -0.478 e. The molecule has 2 N–H and O–H groups in total. The van der Waals surface area contributed by atoms with E-state index in [-0.39, 0.29) is 5.57 Å². The van der Waals surface area contributed by atoms with Crippen molar-refractivity contribution in [3.63, 3.8) is 0 Å². The summed E-state index contributed by atoms with van der Waals surface area (Å²) < 4.78 is 8.51. The van der Waals surface area contributed by atoms with E-state index in [0.717, 1.165) is 0 Å². The first-order valence-electron chi connectivity index (χ1n) is 3.13. The van der Waals surface area contributed by atoms with E-state index in [0.29, 0.717) is 12.8 Å². The molecule has 5 heteroatoms. The second-order valence-corrected chi connectivity index (χ2v) is 2.01. The summed E-state index contributed by atoms with van der Waals surface area (Å²) >= 11 is 0. The lowest BCUT2D eigenvalue weighted by Crippen LogP contribution is -1.97. The van der Waals surface area contributed by atoms with E-state index >= 15 is 0 Å². The van der Waals surface area contributed by atoms with Crippen molar-refractivity contribution in [1.29, 1.82) is 0 Å². The quantitative estimate of drug-likeness (QED) is 0.401. The van der Waals surface area contributed by atoms with Crippen LogP contribution in [0, 0.1) is 0 Å². The summed E-state index contributed by atoms with van der Waals surface area (Å²) in [4.78, 5) is 17.1. The van der Waals surface area contributed by atoms with Crippen LogP contribution < -0.4 is 0 Å². The fraction of sp³-hybridized carbons (Fsp3) is 0.286. The van der Waals surface area contributed by atoms with Crippen molar-refractivity contribution in [2.24, 2.45) is 0 Å². The third-order valence-electron chi connectivity index (χ3n) is 0.953. The lowest BCUT2D eigenvalue weighted by atomic mass is 10.2. The zero-order valence-corrected chi connectivity index (χ0v) is 7.62. The summed E-state index contributed by atoms with van der Waals surface area (Å²) in [6, 6.07) is 0. The van der Waals surface area contributed by atoms with E-state index in [1.165, 1.54) is 0 Å². The minimum absolute atomic E-state index is 0.245. The van der Waals surface area contributed by atoms with Gasteiger partial charge in [-0.1, -0.05) is 12.7 Å². The molecule has 0 aromatic carbocycles. The van der Waals surface area contributed by atoms with E-state index in [1.54, 1.807) is 6.08 Å². The van der Waals surface area contributed by atoms with Gasteiger partial charge in [-0.25, -0.2) is 4.79 Å². The summed E-state index contributed by atoms with van der Waals surface area (Å²) in [6.45, 7) is 6.80. The Morgan fingerprint density at radius 3 is 2.25 bits per heavy atom. The van der Waals surface area contributed by atoms with Crippen molar-refractivity contribution >= 4 is 14.7 Å². The molecule has 0 aromatic rings. The monoisotopic (exact) mass is 191 g/mol.